The van der Waals surface area contributed by atoms with Crippen LogP contribution >= 0.6 is 11.3 Å². The highest BCUT2D eigenvalue weighted by Gasteiger charge is 2.10. The Morgan fingerprint density at radius 1 is 1.30 bits per heavy atom. The van der Waals surface area contributed by atoms with E-state index in [0.717, 1.165) is 16.0 Å². The summed E-state index contributed by atoms with van der Waals surface area (Å²) in [5, 5.41) is 3.30. The maximum atomic E-state index is 12.0. The Balaban J connectivity index is 1.86. The van der Waals surface area contributed by atoms with E-state index in [1.807, 2.05) is 18.2 Å². The summed E-state index contributed by atoms with van der Waals surface area (Å²) in [7, 11) is 1.62. The number of nitrogens with zero attached hydrogens (tertiary/aromatic N) is 2. The maximum absolute atomic E-state index is 12.0. The normalized spacial score (nSPS) is 10.4. The molecule has 0 unspecified atom stereocenters. The van der Waals surface area contributed by atoms with Gasteiger partial charge in [0.05, 0.1) is 17.3 Å². The predicted molar refractivity (Wildman–Crippen MR) is 78.4 cm³/mol. The van der Waals surface area contributed by atoms with Gasteiger partial charge in [-0.2, -0.15) is 0 Å². The molecular formula is C14H11N3O2S. The maximum Gasteiger partial charge on any atom is 0.276 e. The second-order valence-corrected chi connectivity index (χ2v) is 5.05. The van der Waals surface area contributed by atoms with Gasteiger partial charge < -0.3 is 4.74 Å². The molecule has 0 spiro atoms. The smallest absolute Gasteiger partial charge is 0.276 e. The molecule has 0 fully saturated rings. The van der Waals surface area contributed by atoms with Crippen molar-refractivity contribution in [2.45, 2.75) is 0 Å². The zero-order valence-corrected chi connectivity index (χ0v) is 11.5. The molecule has 0 aliphatic rings. The summed E-state index contributed by atoms with van der Waals surface area (Å²) in [6.07, 6.45) is 1.58. The van der Waals surface area contributed by atoms with Crippen LogP contribution in [0.15, 0.2) is 42.6 Å². The SMILES string of the molecule is COc1ccc2nc(NC(=O)c3ccccn3)sc2c1. The van der Waals surface area contributed by atoms with Crippen LogP contribution in [0.3, 0.4) is 0 Å². The zero-order chi connectivity index (χ0) is 13.9. The number of amides is 1. The first-order valence-corrected chi connectivity index (χ1v) is 6.75. The van der Waals surface area contributed by atoms with Crippen molar-refractivity contribution in [3.8, 4) is 5.75 Å². The van der Waals surface area contributed by atoms with Crippen molar-refractivity contribution in [3.63, 3.8) is 0 Å². The second kappa shape index (κ2) is 5.26. The topological polar surface area (TPSA) is 64.1 Å². The van der Waals surface area contributed by atoms with Gasteiger partial charge in [-0.1, -0.05) is 17.4 Å². The van der Waals surface area contributed by atoms with Crippen LogP contribution in [0.4, 0.5) is 5.13 Å². The molecule has 2 aromatic heterocycles. The molecule has 3 rings (SSSR count). The molecule has 3 aromatic rings. The van der Waals surface area contributed by atoms with Crippen LogP contribution in [-0.4, -0.2) is 23.0 Å². The van der Waals surface area contributed by atoms with Gasteiger partial charge in [-0.05, 0) is 30.3 Å². The molecule has 0 aliphatic heterocycles. The van der Waals surface area contributed by atoms with Gasteiger partial charge >= 0.3 is 0 Å². The number of carbonyl (C=O) groups is 1. The molecule has 20 heavy (non-hydrogen) atoms. The average Bonchev–Trinajstić information content (AvgIpc) is 2.89. The third kappa shape index (κ3) is 2.46. The summed E-state index contributed by atoms with van der Waals surface area (Å²) >= 11 is 1.40. The summed E-state index contributed by atoms with van der Waals surface area (Å²) in [4.78, 5) is 20.3. The number of aromatic nitrogens is 2. The molecule has 1 aromatic carbocycles. The van der Waals surface area contributed by atoms with E-state index in [9.17, 15) is 4.79 Å². The van der Waals surface area contributed by atoms with Gasteiger partial charge in [0, 0.05) is 6.20 Å². The van der Waals surface area contributed by atoms with E-state index < -0.39 is 0 Å². The number of fused-ring (bicyclic) bond motifs is 1. The molecule has 0 aliphatic carbocycles. The van der Waals surface area contributed by atoms with Gasteiger partial charge in [0.15, 0.2) is 5.13 Å². The van der Waals surface area contributed by atoms with Crippen LogP contribution in [0.5, 0.6) is 5.75 Å². The number of carbonyl (C=O) groups excluding carboxylic acids is 1. The van der Waals surface area contributed by atoms with Crippen molar-refractivity contribution < 1.29 is 9.53 Å². The van der Waals surface area contributed by atoms with E-state index in [-0.39, 0.29) is 5.91 Å². The average molecular weight is 285 g/mol. The zero-order valence-electron chi connectivity index (χ0n) is 10.7. The third-order valence-electron chi connectivity index (χ3n) is 2.71. The molecule has 100 valence electrons. The van der Waals surface area contributed by atoms with Crippen LogP contribution < -0.4 is 10.1 Å². The molecule has 1 N–H and O–H groups in total. The lowest BCUT2D eigenvalue weighted by Crippen LogP contribution is -2.12. The van der Waals surface area contributed by atoms with Crippen molar-refractivity contribution in [2.75, 3.05) is 12.4 Å². The molecule has 0 radical (unpaired) electrons. The molecule has 5 nitrogen and oxygen atoms in total. The molecule has 1 amide bonds. The van der Waals surface area contributed by atoms with Gasteiger partial charge in [0.25, 0.3) is 5.91 Å². The molecule has 0 saturated carbocycles. The highest BCUT2D eigenvalue weighted by molar-refractivity contribution is 7.22. The van der Waals surface area contributed by atoms with Crippen LogP contribution in [0.25, 0.3) is 10.2 Å². The first-order valence-electron chi connectivity index (χ1n) is 5.93. The summed E-state index contributed by atoms with van der Waals surface area (Å²) in [6.45, 7) is 0. The Morgan fingerprint density at radius 2 is 2.20 bits per heavy atom. The van der Waals surface area contributed by atoms with E-state index in [0.29, 0.717) is 10.8 Å². The number of thiazole rings is 1. The number of anilines is 1. The van der Waals surface area contributed by atoms with E-state index in [1.165, 1.54) is 11.3 Å². The lowest BCUT2D eigenvalue weighted by Gasteiger charge is -1.99. The highest BCUT2D eigenvalue weighted by Crippen LogP contribution is 2.29. The summed E-state index contributed by atoms with van der Waals surface area (Å²) in [6, 6.07) is 10.8. The van der Waals surface area contributed by atoms with Crippen molar-refractivity contribution in [1.29, 1.82) is 0 Å². The van der Waals surface area contributed by atoms with E-state index in [1.54, 1.807) is 31.5 Å². The van der Waals surface area contributed by atoms with Crippen LogP contribution in [-0.2, 0) is 0 Å². The van der Waals surface area contributed by atoms with E-state index >= 15 is 0 Å². The molecule has 0 atom stereocenters. The predicted octanol–water partition coefficient (Wildman–Crippen LogP) is 2.95. The summed E-state index contributed by atoms with van der Waals surface area (Å²) in [5.74, 6) is 0.500. The van der Waals surface area contributed by atoms with Gasteiger partial charge in [0.2, 0.25) is 0 Å². The minimum absolute atomic E-state index is 0.267. The fourth-order valence-electron chi connectivity index (χ4n) is 1.74. The first-order chi connectivity index (χ1) is 9.76. The number of benzene rings is 1. The number of rotatable bonds is 3. The van der Waals surface area contributed by atoms with Gasteiger partial charge in [0.1, 0.15) is 11.4 Å². The highest BCUT2D eigenvalue weighted by atomic mass is 32.1. The Kier molecular flexibility index (Phi) is 3.30. The number of methoxy groups -OCH3 is 1. The standard InChI is InChI=1S/C14H11N3O2S/c1-19-9-5-6-10-12(8-9)20-14(16-10)17-13(18)11-4-2-3-7-15-11/h2-8H,1H3,(H,16,17,18). The lowest BCUT2D eigenvalue weighted by atomic mass is 10.3. The fourth-order valence-corrected chi connectivity index (χ4v) is 2.63. The van der Waals surface area contributed by atoms with E-state index in [2.05, 4.69) is 15.3 Å². The quantitative estimate of drug-likeness (QED) is 0.803. The summed E-state index contributed by atoms with van der Waals surface area (Å²) in [5.41, 5.74) is 1.19. The summed E-state index contributed by atoms with van der Waals surface area (Å²) < 4.78 is 6.12. The van der Waals surface area contributed by atoms with Crippen molar-refractivity contribution in [1.82, 2.24) is 9.97 Å². The van der Waals surface area contributed by atoms with Gasteiger partial charge in [-0.3, -0.25) is 15.1 Å². The molecule has 0 saturated heterocycles. The number of nitrogens with one attached hydrogen (secondary N) is 1. The largest absolute Gasteiger partial charge is 0.497 e. The Morgan fingerprint density at radius 3 is 2.95 bits per heavy atom. The van der Waals surface area contributed by atoms with Crippen molar-refractivity contribution in [3.05, 3.63) is 48.3 Å². The monoisotopic (exact) mass is 285 g/mol. The molecule has 2 heterocycles. The fraction of sp³-hybridized carbons (Fsp3) is 0.0714. The molecule has 6 heteroatoms. The first kappa shape index (κ1) is 12.6. The van der Waals surface area contributed by atoms with Crippen LogP contribution in [0.2, 0.25) is 0 Å². The Labute approximate surface area is 119 Å². The minimum atomic E-state index is -0.267. The van der Waals surface area contributed by atoms with Crippen LogP contribution in [0.1, 0.15) is 10.5 Å². The minimum Gasteiger partial charge on any atom is -0.497 e. The molecule has 0 bridgehead atoms. The van der Waals surface area contributed by atoms with Crippen LogP contribution in [0, 0.1) is 0 Å². The van der Waals surface area contributed by atoms with Crippen molar-refractivity contribution >= 4 is 32.6 Å². The van der Waals surface area contributed by atoms with Gasteiger partial charge in [-0.15, -0.1) is 0 Å². The molecular weight excluding hydrogens is 274 g/mol. The van der Waals surface area contributed by atoms with Crippen molar-refractivity contribution in [2.24, 2.45) is 0 Å². The number of pyridine rings is 1. The lowest BCUT2D eigenvalue weighted by molar-refractivity contribution is 0.102. The third-order valence-corrected chi connectivity index (χ3v) is 3.65. The number of hydrogen-bond donors (Lipinski definition) is 1. The Bertz CT molecular complexity index is 755. The Hall–Kier alpha value is -2.47. The number of ether oxygens (including phenoxy) is 1. The second-order valence-electron chi connectivity index (χ2n) is 4.02. The van der Waals surface area contributed by atoms with E-state index in [4.69, 9.17) is 4.74 Å². The number of hydrogen-bond acceptors (Lipinski definition) is 5. The van der Waals surface area contributed by atoms with Gasteiger partial charge in [-0.25, -0.2) is 4.98 Å².